The number of carbonyl (C=O) groups is 1. The minimum atomic E-state index is -0.113. The number of piperidine rings is 1. The van der Waals surface area contributed by atoms with Gasteiger partial charge in [-0.25, -0.2) is 0 Å². The van der Waals surface area contributed by atoms with Crippen LogP contribution < -0.4 is 10.6 Å². The molecule has 1 spiro atoms. The van der Waals surface area contributed by atoms with Gasteiger partial charge in [-0.05, 0) is 86.8 Å². The predicted molar refractivity (Wildman–Crippen MR) is 106 cm³/mol. The van der Waals surface area contributed by atoms with Crippen LogP contribution in [0.25, 0.3) is 0 Å². The van der Waals surface area contributed by atoms with Gasteiger partial charge in [0.15, 0.2) is 0 Å². The van der Waals surface area contributed by atoms with Crippen LogP contribution >= 0.6 is 0 Å². The lowest BCUT2D eigenvalue weighted by atomic mass is 9.38. The van der Waals surface area contributed by atoms with Gasteiger partial charge in [0.2, 0.25) is 5.91 Å². The summed E-state index contributed by atoms with van der Waals surface area (Å²) in [5.41, 5.74) is 2.48. The Labute approximate surface area is 162 Å². The molecular formula is C24H32N2O. The lowest BCUT2D eigenvalue weighted by Crippen LogP contribution is -2.61. The summed E-state index contributed by atoms with van der Waals surface area (Å²) in [6.45, 7) is 4.62. The number of hydrogen-bond acceptors (Lipinski definition) is 2. The highest BCUT2D eigenvalue weighted by molar-refractivity contribution is 5.85. The molecule has 1 aliphatic heterocycles. The molecule has 3 unspecified atom stereocenters. The van der Waals surface area contributed by atoms with Crippen molar-refractivity contribution in [3.8, 4) is 0 Å². The van der Waals surface area contributed by atoms with Crippen LogP contribution in [0, 0.1) is 22.2 Å². The van der Waals surface area contributed by atoms with Crippen LogP contribution in [0.1, 0.15) is 63.9 Å². The van der Waals surface area contributed by atoms with Crippen LogP contribution in [0.4, 0.5) is 0 Å². The largest absolute Gasteiger partial charge is 0.353 e. The lowest BCUT2D eigenvalue weighted by molar-refractivity contribution is -0.135. The zero-order valence-electron chi connectivity index (χ0n) is 16.5. The molecule has 4 saturated carbocycles. The Kier molecular flexibility index (Phi) is 3.18. The first-order valence-corrected chi connectivity index (χ1v) is 11.1. The quantitative estimate of drug-likeness (QED) is 0.857. The van der Waals surface area contributed by atoms with E-state index < -0.39 is 0 Å². The van der Waals surface area contributed by atoms with Crippen LogP contribution in [0.3, 0.4) is 0 Å². The molecule has 1 aromatic carbocycles. The molecule has 1 aromatic rings. The van der Waals surface area contributed by atoms with E-state index in [4.69, 9.17) is 0 Å². The van der Waals surface area contributed by atoms with Gasteiger partial charge in [-0.1, -0.05) is 37.3 Å². The predicted octanol–water partition coefficient (Wildman–Crippen LogP) is 3.78. The minimum Gasteiger partial charge on any atom is -0.353 e. The fraction of sp³-hybridized carbons (Fsp3) is 0.708. The second-order valence-electron chi connectivity index (χ2n) is 10.9. The van der Waals surface area contributed by atoms with Crippen LogP contribution in [-0.4, -0.2) is 25.0 Å². The van der Waals surface area contributed by atoms with Crippen molar-refractivity contribution in [2.24, 2.45) is 22.2 Å². The minimum absolute atomic E-state index is 0.113. The van der Waals surface area contributed by atoms with Gasteiger partial charge in [0.05, 0.1) is 5.41 Å². The van der Waals surface area contributed by atoms with E-state index in [1.807, 2.05) is 0 Å². The Morgan fingerprint density at radius 2 is 1.81 bits per heavy atom. The zero-order valence-corrected chi connectivity index (χ0v) is 16.5. The first-order chi connectivity index (χ1) is 13.0. The third-order valence-electron chi connectivity index (χ3n) is 9.58. The molecule has 1 amide bonds. The summed E-state index contributed by atoms with van der Waals surface area (Å²) in [5, 5.41) is 6.93. The van der Waals surface area contributed by atoms with E-state index in [1.54, 1.807) is 0 Å². The first-order valence-electron chi connectivity index (χ1n) is 11.1. The number of amides is 1. The number of nitrogens with one attached hydrogen (secondary N) is 2. The fourth-order valence-corrected chi connectivity index (χ4v) is 8.93. The number of rotatable bonds is 3. The van der Waals surface area contributed by atoms with Gasteiger partial charge in [-0.3, -0.25) is 4.79 Å². The molecule has 5 atom stereocenters. The Balaban J connectivity index is 1.38. The van der Waals surface area contributed by atoms with Gasteiger partial charge >= 0.3 is 0 Å². The smallest absolute Gasteiger partial charge is 0.226 e. The van der Waals surface area contributed by atoms with Crippen molar-refractivity contribution in [3.63, 3.8) is 0 Å². The van der Waals surface area contributed by atoms with E-state index in [0.29, 0.717) is 22.8 Å². The standard InChI is InChI=1S/C24H32N2O/c1-21-11-17-12-22(20(27)26-19-7-9-25-10-8-19)15-23(14-21,24(21,13-17)16-22)18-5-3-2-4-6-18/h2-6,17,19,25H,7-16H2,1H3,(H,26,27)/t17?,21-,22?,23+,24?/m1/s1. The maximum atomic E-state index is 13.7. The van der Waals surface area contributed by atoms with Gasteiger partial charge in [0, 0.05) is 11.5 Å². The van der Waals surface area contributed by atoms with Crippen molar-refractivity contribution in [1.82, 2.24) is 10.6 Å². The Morgan fingerprint density at radius 3 is 2.59 bits per heavy atom. The average Bonchev–Trinajstić information content (AvgIpc) is 2.96. The number of benzene rings is 1. The number of fused-ring (bicyclic) bond motifs is 2. The van der Waals surface area contributed by atoms with Crippen molar-refractivity contribution in [2.45, 2.75) is 69.7 Å². The van der Waals surface area contributed by atoms with E-state index >= 15 is 0 Å². The van der Waals surface area contributed by atoms with Gasteiger partial charge in [-0.15, -0.1) is 0 Å². The van der Waals surface area contributed by atoms with Crippen molar-refractivity contribution in [2.75, 3.05) is 13.1 Å². The highest BCUT2D eigenvalue weighted by atomic mass is 16.2. The molecule has 0 aromatic heterocycles. The van der Waals surface area contributed by atoms with E-state index in [-0.39, 0.29) is 10.8 Å². The van der Waals surface area contributed by atoms with Gasteiger partial charge in [-0.2, -0.15) is 0 Å². The summed E-state index contributed by atoms with van der Waals surface area (Å²) in [6.07, 6.45) is 9.53. The summed E-state index contributed by atoms with van der Waals surface area (Å²) < 4.78 is 0. The average molecular weight is 365 g/mol. The molecule has 1 saturated heterocycles. The summed E-state index contributed by atoms with van der Waals surface area (Å²) in [4.78, 5) is 13.7. The molecule has 144 valence electrons. The number of carbonyl (C=O) groups excluding carboxylic acids is 1. The maximum absolute atomic E-state index is 13.7. The SMILES string of the molecule is C[C@]12CC3CC4(C(=O)NC5CCNCC5)CC1(C3)[C@](c1ccccc1)(C4)C2. The van der Waals surface area contributed by atoms with Crippen LogP contribution in [0.15, 0.2) is 30.3 Å². The molecule has 0 radical (unpaired) electrons. The van der Waals surface area contributed by atoms with Gasteiger partial charge in [0.25, 0.3) is 0 Å². The topological polar surface area (TPSA) is 41.1 Å². The van der Waals surface area contributed by atoms with Crippen molar-refractivity contribution in [1.29, 1.82) is 0 Å². The highest BCUT2D eigenvalue weighted by Gasteiger charge is 2.83. The van der Waals surface area contributed by atoms with Gasteiger partial charge in [0.1, 0.15) is 0 Å². The third-order valence-corrected chi connectivity index (χ3v) is 9.58. The second-order valence-corrected chi connectivity index (χ2v) is 10.9. The first kappa shape index (κ1) is 16.6. The molecule has 3 bridgehead atoms. The summed E-state index contributed by atoms with van der Waals surface area (Å²) in [5.74, 6) is 1.16. The molecule has 1 heterocycles. The summed E-state index contributed by atoms with van der Waals surface area (Å²) >= 11 is 0. The lowest BCUT2D eigenvalue weighted by Gasteiger charge is -2.66. The maximum Gasteiger partial charge on any atom is 0.226 e. The Bertz CT molecular complexity index is 787. The van der Waals surface area contributed by atoms with Crippen molar-refractivity contribution >= 4 is 5.91 Å². The summed E-state index contributed by atoms with van der Waals surface area (Å²) in [6, 6.07) is 11.6. The fourth-order valence-electron chi connectivity index (χ4n) is 8.93. The van der Waals surface area contributed by atoms with Crippen molar-refractivity contribution < 1.29 is 4.79 Å². The normalized spacial score (nSPS) is 47.5. The highest BCUT2D eigenvalue weighted by Crippen LogP contribution is 2.88. The Hall–Kier alpha value is -1.35. The van der Waals surface area contributed by atoms with Crippen LogP contribution in [0.2, 0.25) is 0 Å². The summed E-state index contributed by atoms with van der Waals surface area (Å²) in [7, 11) is 0. The van der Waals surface area contributed by atoms with Crippen LogP contribution in [0.5, 0.6) is 0 Å². The number of hydrogen-bond donors (Lipinski definition) is 2. The molecular weight excluding hydrogens is 332 g/mol. The van der Waals surface area contributed by atoms with Gasteiger partial charge < -0.3 is 10.6 Å². The molecule has 3 nitrogen and oxygen atoms in total. The molecule has 5 fully saturated rings. The van der Waals surface area contributed by atoms with E-state index in [0.717, 1.165) is 51.1 Å². The molecule has 5 aliphatic rings. The molecule has 6 rings (SSSR count). The molecule has 4 aliphatic carbocycles. The monoisotopic (exact) mass is 364 g/mol. The third kappa shape index (κ3) is 1.90. The van der Waals surface area contributed by atoms with Crippen LogP contribution in [-0.2, 0) is 10.2 Å². The molecule has 3 heteroatoms. The molecule has 2 N–H and O–H groups in total. The van der Waals surface area contributed by atoms with E-state index in [2.05, 4.69) is 47.9 Å². The zero-order chi connectivity index (χ0) is 18.3. The second kappa shape index (κ2) is 5.17. The van der Waals surface area contributed by atoms with E-state index in [9.17, 15) is 4.79 Å². The van der Waals surface area contributed by atoms with E-state index in [1.165, 1.54) is 24.8 Å². The Morgan fingerprint density at radius 1 is 1.04 bits per heavy atom. The van der Waals surface area contributed by atoms with Crippen molar-refractivity contribution in [3.05, 3.63) is 35.9 Å². The molecule has 27 heavy (non-hydrogen) atoms.